The average Bonchev–Trinajstić information content (AvgIpc) is 3.20. The zero-order valence-electron chi connectivity index (χ0n) is 16.9. The van der Waals surface area contributed by atoms with E-state index in [1.54, 1.807) is 0 Å². The lowest BCUT2D eigenvalue weighted by Crippen LogP contribution is -2.57. The second-order valence-corrected chi connectivity index (χ2v) is 7.71. The summed E-state index contributed by atoms with van der Waals surface area (Å²) in [5, 5.41) is 0. The van der Waals surface area contributed by atoms with Crippen LogP contribution in [0.5, 0.6) is 0 Å². The van der Waals surface area contributed by atoms with E-state index in [9.17, 15) is 18.4 Å². The van der Waals surface area contributed by atoms with Crippen molar-refractivity contribution in [2.45, 2.75) is 57.7 Å². The number of rotatable bonds is 6. The SMILES string of the molecule is CCN(C(=O)Cc1ccc(F)c(F)c1)C1CCC(OC(C)=O)CC1N1CC=CC1. The molecule has 0 aromatic heterocycles. The molecule has 1 amide bonds. The van der Waals surface area contributed by atoms with E-state index in [4.69, 9.17) is 4.74 Å². The largest absolute Gasteiger partial charge is 0.462 e. The van der Waals surface area contributed by atoms with Crippen molar-refractivity contribution in [2.75, 3.05) is 19.6 Å². The van der Waals surface area contributed by atoms with E-state index >= 15 is 0 Å². The van der Waals surface area contributed by atoms with Gasteiger partial charge in [-0.1, -0.05) is 18.2 Å². The first-order valence-corrected chi connectivity index (χ1v) is 10.2. The maximum absolute atomic E-state index is 13.5. The third kappa shape index (κ3) is 5.21. The number of ether oxygens (including phenoxy) is 1. The molecule has 0 spiro atoms. The molecule has 1 fully saturated rings. The van der Waals surface area contributed by atoms with Crippen LogP contribution >= 0.6 is 0 Å². The van der Waals surface area contributed by atoms with E-state index in [1.165, 1.54) is 13.0 Å². The lowest BCUT2D eigenvalue weighted by Gasteiger charge is -2.45. The summed E-state index contributed by atoms with van der Waals surface area (Å²) in [5.41, 5.74) is 0.459. The molecule has 3 rings (SSSR count). The molecule has 3 unspecified atom stereocenters. The van der Waals surface area contributed by atoms with Crippen LogP contribution in [-0.4, -0.2) is 59.5 Å². The Kier molecular flexibility index (Phi) is 7.00. The standard InChI is InChI=1S/C22H28F2N2O3/c1-3-26(22(28)13-16-6-8-18(23)19(24)12-16)20-9-7-17(29-15(2)27)14-21(20)25-10-4-5-11-25/h4-6,8,12,17,20-21H,3,7,9-11,13-14H2,1-2H3. The number of benzene rings is 1. The fourth-order valence-electron chi connectivity index (χ4n) is 4.48. The topological polar surface area (TPSA) is 49.9 Å². The molecule has 1 heterocycles. The van der Waals surface area contributed by atoms with Crippen LogP contribution in [0, 0.1) is 11.6 Å². The normalized spacial score (nSPS) is 24.5. The van der Waals surface area contributed by atoms with Crippen molar-refractivity contribution in [1.82, 2.24) is 9.80 Å². The second kappa shape index (κ2) is 9.48. The number of esters is 1. The highest BCUT2D eigenvalue weighted by molar-refractivity contribution is 5.79. The zero-order valence-corrected chi connectivity index (χ0v) is 16.9. The smallest absolute Gasteiger partial charge is 0.302 e. The van der Waals surface area contributed by atoms with Gasteiger partial charge >= 0.3 is 5.97 Å². The number of hydrogen-bond donors (Lipinski definition) is 0. The minimum atomic E-state index is -0.943. The Morgan fingerprint density at radius 1 is 1.17 bits per heavy atom. The van der Waals surface area contributed by atoms with Gasteiger partial charge in [-0.25, -0.2) is 8.78 Å². The van der Waals surface area contributed by atoms with Gasteiger partial charge < -0.3 is 9.64 Å². The quantitative estimate of drug-likeness (QED) is 0.538. The molecule has 0 saturated heterocycles. The van der Waals surface area contributed by atoms with Crippen LogP contribution in [0.1, 0.15) is 38.7 Å². The molecule has 29 heavy (non-hydrogen) atoms. The summed E-state index contributed by atoms with van der Waals surface area (Å²) in [6.07, 6.45) is 6.21. The van der Waals surface area contributed by atoms with E-state index in [1.807, 2.05) is 11.8 Å². The molecule has 0 N–H and O–H groups in total. The van der Waals surface area contributed by atoms with Crippen LogP contribution in [0.25, 0.3) is 0 Å². The van der Waals surface area contributed by atoms with Gasteiger partial charge in [-0.05, 0) is 37.5 Å². The van der Waals surface area contributed by atoms with Gasteiger partial charge in [-0.15, -0.1) is 0 Å². The molecule has 0 bridgehead atoms. The molecule has 2 aliphatic rings. The van der Waals surface area contributed by atoms with Crippen molar-refractivity contribution >= 4 is 11.9 Å². The van der Waals surface area contributed by atoms with Crippen LogP contribution in [0.4, 0.5) is 8.78 Å². The molecule has 0 radical (unpaired) electrons. The number of carbonyl (C=O) groups excluding carboxylic acids is 2. The summed E-state index contributed by atoms with van der Waals surface area (Å²) in [6.45, 7) is 5.50. The molecule has 158 valence electrons. The maximum atomic E-state index is 13.5. The summed E-state index contributed by atoms with van der Waals surface area (Å²) in [6, 6.07) is 3.66. The molecular weight excluding hydrogens is 378 g/mol. The second-order valence-electron chi connectivity index (χ2n) is 7.71. The van der Waals surface area contributed by atoms with Gasteiger partial charge in [0, 0.05) is 45.1 Å². The fourth-order valence-corrected chi connectivity index (χ4v) is 4.48. The summed E-state index contributed by atoms with van der Waals surface area (Å²) in [5.74, 6) is -2.25. The van der Waals surface area contributed by atoms with Crippen LogP contribution in [0.3, 0.4) is 0 Å². The third-order valence-corrected chi connectivity index (χ3v) is 5.78. The van der Waals surface area contributed by atoms with Crippen molar-refractivity contribution in [2.24, 2.45) is 0 Å². The Morgan fingerprint density at radius 2 is 1.90 bits per heavy atom. The van der Waals surface area contributed by atoms with Gasteiger partial charge in [0.25, 0.3) is 0 Å². The van der Waals surface area contributed by atoms with Gasteiger partial charge in [0.05, 0.1) is 6.42 Å². The summed E-state index contributed by atoms with van der Waals surface area (Å²) in [7, 11) is 0. The van der Waals surface area contributed by atoms with Crippen molar-refractivity contribution in [1.29, 1.82) is 0 Å². The van der Waals surface area contributed by atoms with Crippen LogP contribution in [0.15, 0.2) is 30.4 Å². The Hall–Kier alpha value is -2.28. The minimum absolute atomic E-state index is 0.00972. The van der Waals surface area contributed by atoms with E-state index in [0.717, 1.165) is 31.6 Å². The van der Waals surface area contributed by atoms with Crippen molar-refractivity contribution in [3.8, 4) is 0 Å². The molecule has 7 heteroatoms. The summed E-state index contributed by atoms with van der Waals surface area (Å²) < 4.78 is 32.2. The molecule has 1 saturated carbocycles. The molecule has 1 aliphatic heterocycles. The molecule has 3 atom stereocenters. The predicted octanol–water partition coefficient (Wildman–Crippen LogP) is 3.08. The molecule has 1 aromatic carbocycles. The monoisotopic (exact) mass is 406 g/mol. The predicted molar refractivity (Wildman–Crippen MR) is 105 cm³/mol. The summed E-state index contributed by atoms with van der Waals surface area (Å²) >= 11 is 0. The minimum Gasteiger partial charge on any atom is -0.462 e. The zero-order chi connectivity index (χ0) is 21.0. The molecule has 1 aromatic rings. The van der Waals surface area contributed by atoms with Crippen LogP contribution < -0.4 is 0 Å². The summed E-state index contributed by atoms with van der Waals surface area (Å²) in [4.78, 5) is 28.6. The van der Waals surface area contributed by atoms with Crippen LogP contribution in [0.2, 0.25) is 0 Å². The Labute approximate surface area is 170 Å². The van der Waals surface area contributed by atoms with E-state index in [-0.39, 0.29) is 36.5 Å². The van der Waals surface area contributed by atoms with E-state index < -0.39 is 11.6 Å². The first kappa shape index (κ1) is 21.4. The van der Waals surface area contributed by atoms with Gasteiger partial charge in [0.1, 0.15) is 6.10 Å². The first-order chi connectivity index (χ1) is 13.9. The third-order valence-electron chi connectivity index (χ3n) is 5.78. The molecule has 1 aliphatic carbocycles. The number of likely N-dealkylation sites (N-methyl/N-ethyl adjacent to an activating group) is 1. The molecular formula is C22H28F2N2O3. The van der Waals surface area contributed by atoms with Gasteiger partial charge in [-0.3, -0.25) is 14.5 Å². The van der Waals surface area contributed by atoms with E-state index in [0.29, 0.717) is 24.9 Å². The average molecular weight is 406 g/mol. The number of nitrogens with zero attached hydrogens (tertiary/aromatic N) is 2. The fraction of sp³-hybridized carbons (Fsp3) is 0.545. The van der Waals surface area contributed by atoms with Crippen molar-refractivity contribution in [3.63, 3.8) is 0 Å². The number of hydrogen-bond acceptors (Lipinski definition) is 4. The van der Waals surface area contributed by atoms with Crippen molar-refractivity contribution < 1.29 is 23.1 Å². The van der Waals surface area contributed by atoms with Gasteiger partial charge in [-0.2, -0.15) is 0 Å². The van der Waals surface area contributed by atoms with Crippen LogP contribution in [-0.2, 0) is 20.7 Å². The first-order valence-electron chi connectivity index (χ1n) is 10.2. The lowest BCUT2D eigenvalue weighted by atomic mass is 9.85. The highest BCUT2D eigenvalue weighted by Crippen LogP contribution is 2.31. The van der Waals surface area contributed by atoms with Crippen molar-refractivity contribution in [3.05, 3.63) is 47.5 Å². The lowest BCUT2D eigenvalue weighted by molar-refractivity contribution is -0.151. The Bertz CT molecular complexity index is 775. The maximum Gasteiger partial charge on any atom is 0.302 e. The highest BCUT2D eigenvalue weighted by atomic mass is 19.2. The molecule has 5 nitrogen and oxygen atoms in total. The van der Waals surface area contributed by atoms with E-state index in [2.05, 4.69) is 17.1 Å². The Morgan fingerprint density at radius 3 is 2.52 bits per heavy atom. The number of halogens is 2. The van der Waals surface area contributed by atoms with Gasteiger partial charge in [0.15, 0.2) is 11.6 Å². The number of amides is 1. The Balaban J connectivity index is 1.75. The highest BCUT2D eigenvalue weighted by Gasteiger charge is 2.39. The number of carbonyl (C=O) groups is 2. The van der Waals surface area contributed by atoms with Gasteiger partial charge in [0.2, 0.25) is 5.91 Å².